The second-order valence-corrected chi connectivity index (χ2v) is 8.33. The maximum absolute atomic E-state index is 13.2. The monoisotopic (exact) mass is 364 g/mol. The summed E-state index contributed by atoms with van der Waals surface area (Å²) < 4.78 is 6.03. The van der Waals surface area contributed by atoms with Gasteiger partial charge in [-0.25, -0.2) is 4.79 Å². The zero-order chi connectivity index (χ0) is 19.8. The lowest BCUT2D eigenvalue weighted by atomic mass is 9.91. The van der Waals surface area contributed by atoms with Gasteiger partial charge in [-0.15, -0.1) is 0 Å². The molecule has 0 saturated heterocycles. The molecule has 0 unspecified atom stereocenters. The quantitative estimate of drug-likeness (QED) is 0.798. The molecule has 1 aliphatic heterocycles. The largest absolute Gasteiger partial charge is 0.484 e. The van der Waals surface area contributed by atoms with Gasteiger partial charge in [-0.2, -0.15) is 0 Å². The van der Waals surface area contributed by atoms with E-state index in [4.69, 9.17) is 4.74 Å². The average molecular weight is 364 g/mol. The molecule has 0 spiro atoms. The fraction of sp³-hybridized carbons (Fsp3) is 0.348. The van der Waals surface area contributed by atoms with Crippen molar-refractivity contribution in [1.29, 1.82) is 0 Å². The highest BCUT2D eigenvalue weighted by atomic mass is 16.5. The van der Waals surface area contributed by atoms with Gasteiger partial charge in [0.15, 0.2) is 0 Å². The number of hydrogen-bond donors (Lipinski definition) is 1. The second-order valence-electron chi connectivity index (χ2n) is 8.33. The van der Waals surface area contributed by atoms with Gasteiger partial charge in [-0.3, -0.25) is 4.90 Å². The van der Waals surface area contributed by atoms with Crippen molar-refractivity contribution < 1.29 is 9.53 Å². The summed E-state index contributed by atoms with van der Waals surface area (Å²) in [6.45, 7) is 14.5. The summed E-state index contributed by atoms with van der Waals surface area (Å²) in [4.78, 5) is 15.0. The third kappa shape index (κ3) is 4.00. The Morgan fingerprint density at radius 1 is 1.19 bits per heavy atom. The normalized spacial score (nSPS) is 15.5. The Balaban J connectivity index is 1.88. The van der Waals surface area contributed by atoms with E-state index in [0.717, 1.165) is 28.1 Å². The van der Waals surface area contributed by atoms with Crippen molar-refractivity contribution in [1.82, 2.24) is 5.32 Å². The van der Waals surface area contributed by atoms with Crippen LogP contribution in [0.1, 0.15) is 45.7 Å². The molecule has 4 heteroatoms. The number of nitrogens with one attached hydrogen (secondary N) is 1. The first kappa shape index (κ1) is 19.0. The molecular weight excluding hydrogens is 336 g/mol. The number of hydrogen-bond acceptors (Lipinski definition) is 2. The van der Waals surface area contributed by atoms with Crippen molar-refractivity contribution in [3.8, 4) is 5.75 Å². The minimum Gasteiger partial charge on any atom is -0.484 e. The van der Waals surface area contributed by atoms with E-state index < -0.39 is 11.1 Å². The van der Waals surface area contributed by atoms with Crippen LogP contribution in [0.3, 0.4) is 0 Å². The number of anilines is 1. The molecule has 0 radical (unpaired) electrons. The van der Waals surface area contributed by atoms with Gasteiger partial charge in [0, 0.05) is 0 Å². The zero-order valence-corrected chi connectivity index (χ0v) is 16.8. The van der Waals surface area contributed by atoms with Gasteiger partial charge in [-0.1, -0.05) is 42.5 Å². The minimum atomic E-state index is -0.528. The van der Waals surface area contributed by atoms with Crippen LogP contribution in [-0.2, 0) is 5.54 Å². The Hall–Kier alpha value is -2.75. The molecule has 0 saturated carbocycles. The summed E-state index contributed by atoms with van der Waals surface area (Å²) in [5, 5.41) is 3.19. The lowest BCUT2D eigenvalue weighted by Crippen LogP contribution is -2.55. The van der Waals surface area contributed by atoms with Crippen LogP contribution in [0.15, 0.2) is 55.1 Å². The Kier molecular flexibility index (Phi) is 4.77. The first-order valence-corrected chi connectivity index (χ1v) is 9.23. The Morgan fingerprint density at radius 2 is 1.89 bits per heavy atom. The summed E-state index contributed by atoms with van der Waals surface area (Å²) in [6.07, 6.45) is 0. The molecule has 142 valence electrons. The number of rotatable bonds is 3. The number of para-hydroxylation sites is 2. The van der Waals surface area contributed by atoms with Gasteiger partial charge < -0.3 is 10.1 Å². The number of urea groups is 1. The van der Waals surface area contributed by atoms with Crippen LogP contribution < -0.4 is 15.0 Å². The molecule has 27 heavy (non-hydrogen) atoms. The number of carbonyl (C=O) groups is 1. The molecule has 1 heterocycles. The zero-order valence-electron chi connectivity index (χ0n) is 16.8. The number of nitrogens with zero attached hydrogens (tertiary/aromatic N) is 1. The summed E-state index contributed by atoms with van der Waals surface area (Å²) in [6, 6.07) is 15.7. The third-order valence-corrected chi connectivity index (χ3v) is 4.82. The lowest BCUT2D eigenvalue weighted by Gasteiger charge is -2.41. The van der Waals surface area contributed by atoms with Crippen LogP contribution in [0.4, 0.5) is 10.5 Å². The Bertz CT molecular complexity index is 883. The van der Waals surface area contributed by atoms with Crippen molar-refractivity contribution in [2.75, 3.05) is 11.4 Å². The van der Waals surface area contributed by atoms with Crippen LogP contribution in [0.25, 0.3) is 5.57 Å². The predicted octanol–water partition coefficient (Wildman–Crippen LogP) is 5.34. The predicted molar refractivity (Wildman–Crippen MR) is 111 cm³/mol. The molecule has 2 aromatic carbocycles. The Labute approximate surface area is 161 Å². The van der Waals surface area contributed by atoms with E-state index in [9.17, 15) is 4.79 Å². The standard InChI is InChI=1S/C23H28N2O2/c1-16(2)17-10-9-11-18(14-17)23(5,6)24-21(26)25-15-22(3,4)27-20-13-8-7-12-19(20)25/h7-14H,1,15H2,2-6H3,(H,24,26). The van der Waals surface area contributed by atoms with Crippen LogP contribution in [0.5, 0.6) is 5.75 Å². The first-order valence-electron chi connectivity index (χ1n) is 9.23. The van der Waals surface area contributed by atoms with Crippen molar-refractivity contribution >= 4 is 17.3 Å². The average Bonchev–Trinajstić information content (AvgIpc) is 2.60. The summed E-state index contributed by atoms with van der Waals surface area (Å²) in [5.41, 5.74) is 2.93. The van der Waals surface area contributed by atoms with Crippen LogP contribution in [-0.4, -0.2) is 18.2 Å². The van der Waals surface area contributed by atoms with E-state index in [-0.39, 0.29) is 6.03 Å². The van der Waals surface area contributed by atoms with Gasteiger partial charge in [0.05, 0.1) is 17.8 Å². The van der Waals surface area contributed by atoms with E-state index in [1.807, 2.05) is 77.1 Å². The highest BCUT2D eigenvalue weighted by molar-refractivity contribution is 5.94. The summed E-state index contributed by atoms with van der Waals surface area (Å²) in [7, 11) is 0. The molecule has 0 aliphatic carbocycles. The molecule has 0 atom stereocenters. The van der Waals surface area contributed by atoms with Crippen molar-refractivity contribution in [3.63, 3.8) is 0 Å². The summed E-state index contributed by atoms with van der Waals surface area (Å²) in [5.74, 6) is 0.728. The fourth-order valence-corrected chi connectivity index (χ4v) is 3.32. The van der Waals surface area contributed by atoms with E-state index in [2.05, 4.69) is 18.0 Å². The van der Waals surface area contributed by atoms with E-state index in [1.165, 1.54) is 0 Å². The summed E-state index contributed by atoms with van der Waals surface area (Å²) >= 11 is 0. The third-order valence-electron chi connectivity index (χ3n) is 4.82. The van der Waals surface area contributed by atoms with Crippen LogP contribution in [0, 0.1) is 0 Å². The molecule has 3 rings (SSSR count). The first-order chi connectivity index (χ1) is 12.6. The van der Waals surface area contributed by atoms with E-state index in [1.54, 1.807) is 4.90 Å². The number of ether oxygens (including phenoxy) is 1. The molecule has 0 bridgehead atoms. The smallest absolute Gasteiger partial charge is 0.322 e. The van der Waals surface area contributed by atoms with E-state index in [0.29, 0.717) is 6.54 Å². The van der Waals surface area contributed by atoms with Gasteiger partial charge in [-0.05, 0) is 63.9 Å². The molecule has 2 amide bonds. The second kappa shape index (κ2) is 6.76. The maximum Gasteiger partial charge on any atom is 0.322 e. The number of amides is 2. The number of fused-ring (bicyclic) bond motifs is 1. The van der Waals surface area contributed by atoms with Crippen LogP contribution in [0.2, 0.25) is 0 Å². The molecule has 2 aromatic rings. The number of benzene rings is 2. The van der Waals surface area contributed by atoms with Gasteiger partial charge in [0.25, 0.3) is 0 Å². The van der Waals surface area contributed by atoms with Crippen molar-refractivity contribution in [3.05, 3.63) is 66.2 Å². The number of allylic oxidation sites excluding steroid dienone is 1. The Morgan fingerprint density at radius 3 is 2.59 bits per heavy atom. The molecule has 1 N–H and O–H groups in total. The van der Waals surface area contributed by atoms with Crippen molar-refractivity contribution in [2.45, 2.75) is 45.8 Å². The topological polar surface area (TPSA) is 41.6 Å². The maximum atomic E-state index is 13.2. The molecular formula is C23H28N2O2. The minimum absolute atomic E-state index is 0.135. The van der Waals surface area contributed by atoms with E-state index >= 15 is 0 Å². The van der Waals surface area contributed by atoms with Gasteiger partial charge >= 0.3 is 6.03 Å². The molecule has 1 aliphatic rings. The van der Waals surface area contributed by atoms with Crippen molar-refractivity contribution in [2.24, 2.45) is 0 Å². The molecule has 0 aromatic heterocycles. The fourth-order valence-electron chi connectivity index (χ4n) is 3.32. The SMILES string of the molecule is C=C(C)c1cccc(C(C)(C)NC(=O)N2CC(C)(C)Oc3ccccc32)c1. The highest BCUT2D eigenvalue weighted by Crippen LogP contribution is 2.37. The van der Waals surface area contributed by atoms with Gasteiger partial charge in [0.2, 0.25) is 0 Å². The molecule has 0 fully saturated rings. The van der Waals surface area contributed by atoms with Crippen LogP contribution >= 0.6 is 0 Å². The number of carbonyl (C=O) groups excluding carboxylic acids is 1. The molecule has 4 nitrogen and oxygen atoms in total. The van der Waals surface area contributed by atoms with Gasteiger partial charge in [0.1, 0.15) is 11.4 Å². The highest BCUT2D eigenvalue weighted by Gasteiger charge is 2.36. The lowest BCUT2D eigenvalue weighted by molar-refractivity contribution is 0.106.